The molecule has 0 saturated carbocycles. The first-order valence-corrected chi connectivity index (χ1v) is 7.06. The van der Waals surface area contributed by atoms with Crippen molar-refractivity contribution in [3.05, 3.63) is 29.8 Å². The molecule has 1 aromatic rings. The highest BCUT2D eigenvalue weighted by molar-refractivity contribution is 8.00. The average Bonchev–Trinajstić information content (AvgIpc) is 2.37. The lowest BCUT2D eigenvalue weighted by molar-refractivity contribution is -0.0328. The monoisotopic (exact) mass is 304 g/mol. The first kappa shape index (κ1) is 15.2. The van der Waals surface area contributed by atoms with E-state index in [-0.39, 0.29) is 28.6 Å². The van der Waals surface area contributed by atoms with Crippen LogP contribution in [0.25, 0.3) is 0 Å². The van der Waals surface area contributed by atoms with Gasteiger partial charge in [-0.15, -0.1) is 0 Å². The van der Waals surface area contributed by atoms with Crippen LogP contribution in [0.2, 0.25) is 0 Å². The van der Waals surface area contributed by atoms with Crippen molar-refractivity contribution in [3.63, 3.8) is 0 Å². The first-order chi connectivity index (χ1) is 9.37. The van der Waals surface area contributed by atoms with Gasteiger partial charge in [0.25, 0.3) is 5.91 Å². The third-order valence-corrected chi connectivity index (χ3v) is 3.84. The predicted molar refractivity (Wildman–Crippen MR) is 71.7 cm³/mol. The van der Waals surface area contributed by atoms with Crippen molar-refractivity contribution in [2.24, 2.45) is 0 Å². The molecule has 1 fully saturated rings. The van der Waals surface area contributed by atoms with Gasteiger partial charge in [0.1, 0.15) is 0 Å². The minimum atomic E-state index is -4.31. The summed E-state index contributed by atoms with van der Waals surface area (Å²) in [4.78, 5) is 14.1. The Hall–Kier alpha value is -1.21. The van der Waals surface area contributed by atoms with Crippen molar-refractivity contribution in [1.82, 2.24) is 10.2 Å². The summed E-state index contributed by atoms with van der Waals surface area (Å²) in [7, 11) is 0. The van der Waals surface area contributed by atoms with Crippen LogP contribution in [-0.2, 0) is 0 Å². The summed E-state index contributed by atoms with van der Waals surface area (Å²) in [6, 6.07) is 5.65. The third kappa shape index (κ3) is 3.89. The minimum absolute atomic E-state index is 0.0838. The molecule has 1 heterocycles. The van der Waals surface area contributed by atoms with E-state index < -0.39 is 5.51 Å². The molecule has 0 spiro atoms. The molecule has 7 heteroatoms. The normalized spacial score (nSPS) is 20.0. The second-order valence-electron chi connectivity index (χ2n) is 4.62. The van der Waals surface area contributed by atoms with Gasteiger partial charge in [0.15, 0.2) is 0 Å². The van der Waals surface area contributed by atoms with E-state index in [1.54, 1.807) is 4.90 Å². The van der Waals surface area contributed by atoms with Crippen LogP contribution in [0.1, 0.15) is 17.3 Å². The van der Waals surface area contributed by atoms with Crippen molar-refractivity contribution >= 4 is 17.7 Å². The SMILES string of the molecule is C[C@H]1CNCCN1C(=O)c1ccc(SC(F)(F)F)cc1. The Morgan fingerprint density at radius 1 is 1.35 bits per heavy atom. The summed E-state index contributed by atoms with van der Waals surface area (Å²) in [5, 5.41) is 3.18. The van der Waals surface area contributed by atoms with Gasteiger partial charge in [0.05, 0.1) is 0 Å². The summed E-state index contributed by atoms with van der Waals surface area (Å²) in [5.74, 6) is -0.137. The molecule has 110 valence electrons. The zero-order chi connectivity index (χ0) is 14.8. The van der Waals surface area contributed by atoms with E-state index in [9.17, 15) is 18.0 Å². The minimum Gasteiger partial charge on any atom is -0.333 e. The van der Waals surface area contributed by atoms with Crippen molar-refractivity contribution in [2.45, 2.75) is 23.4 Å². The van der Waals surface area contributed by atoms with E-state index in [4.69, 9.17) is 0 Å². The van der Waals surface area contributed by atoms with Gasteiger partial charge in [-0.3, -0.25) is 4.79 Å². The molecular weight excluding hydrogens is 289 g/mol. The van der Waals surface area contributed by atoms with Crippen molar-refractivity contribution < 1.29 is 18.0 Å². The highest BCUT2D eigenvalue weighted by Crippen LogP contribution is 2.36. The molecule has 0 aromatic heterocycles. The molecule has 1 aliphatic heterocycles. The molecule has 20 heavy (non-hydrogen) atoms. The van der Waals surface area contributed by atoms with Crippen molar-refractivity contribution in [3.8, 4) is 0 Å². The number of carbonyl (C=O) groups is 1. The van der Waals surface area contributed by atoms with Crippen LogP contribution in [0.15, 0.2) is 29.2 Å². The van der Waals surface area contributed by atoms with E-state index in [0.29, 0.717) is 12.1 Å². The Bertz CT molecular complexity index is 475. The number of hydrogen-bond donors (Lipinski definition) is 1. The number of halogens is 3. The van der Waals surface area contributed by atoms with Gasteiger partial charge in [-0.25, -0.2) is 0 Å². The van der Waals surface area contributed by atoms with E-state index in [1.807, 2.05) is 6.92 Å². The summed E-state index contributed by atoms with van der Waals surface area (Å²) < 4.78 is 36.7. The lowest BCUT2D eigenvalue weighted by atomic mass is 10.1. The Morgan fingerprint density at radius 2 is 2.00 bits per heavy atom. The third-order valence-electron chi connectivity index (χ3n) is 3.10. The number of hydrogen-bond acceptors (Lipinski definition) is 3. The number of piperazine rings is 1. The molecule has 0 unspecified atom stereocenters. The number of nitrogens with one attached hydrogen (secondary N) is 1. The Labute approximate surface area is 119 Å². The number of thioether (sulfide) groups is 1. The molecule has 0 aliphatic carbocycles. The highest BCUT2D eigenvalue weighted by Gasteiger charge is 2.29. The largest absolute Gasteiger partial charge is 0.446 e. The summed E-state index contributed by atoms with van der Waals surface area (Å²) in [5.41, 5.74) is -3.89. The summed E-state index contributed by atoms with van der Waals surface area (Å²) in [6.45, 7) is 4.02. The number of alkyl halides is 3. The molecule has 1 atom stereocenters. The number of nitrogens with zero attached hydrogens (tertiary/aromatic N) is 1. The van der Waals surface area contributed by atoms with Gasteiger partial charge in [0, 0.05) is 36.1 Å². The van der Waals surface area contributed by atoms with Crippen LogP contribution in [0.5, 0.6) is 0 Å². The van der Waals surface area contributed by atoms with Gasteiger partial charge >= 0.3 is 5.51 Å². The fourth-order valence-corrected chi connectivity index (χ4v) is 2.65. The van der Waals surface area contributed by atoms with Gasteiger partial charge in [0.2, 0.25) is 0 Å². The highest BCUT2D eigenvalue weighted by atomic mass is 32.2. The molecule has 1 amide bonds. The lowest BCUT2D eigenvalue weighted by Crippen LogP contribution is -2.52. The Balaban J connectivity index is 2.07. The van der Waals surface area contributed by atoms with E-state index >= 15 is 0 Å². The molecule has 1 aliphatic rings. The molecule has 3 nitrogen and oxygen atoms in total. The first-order valence-electron chi connectivity index (χ1n) is 6.24. The van der Waals surface area contributed by atoms with Crippen LogP contribution in [0.4, 0.5) is 13.2 Å². The lowest BCUT2D eigenvalue weighted by Gasteiger charge is -2.34. The fourth-order valence-electron chi connectivity index (χ4n) is 2.11. The molecule has 1 saturated heterocycles. The maximum absolute atomic E-state index is 12.3. The molecule has 0 bridgehead atoms. The fraction of sp³-hybridized carbons (Fsp3) is 0.462. The second-order valence-corrected chi connectivity index (χ2v) is 5.76. The van der Waals surface area contributed by atoms with Gasteiger partial charge < -0.3 is 10.2 Å². The number of rotatable bonds is 2. The predicted octanol–water partition coefficient (Wildman–Crippen LogP) is 2.73. The van der Waals surface area contributed by atoms with Crippen LogP contribution in [-0.4, -0.2) is 42.0 Å². The smallest absolute Gasteiger partial charge is 0.333 e. The standard InChI is InChI=1S/C13H15F3N2OS/c1-9-8-17-6-7-18(9)12(19)10-2-4-11(5-3-10)20-13(14,15)16/h2-5,9,17H,6-8H2,1H3/t9-/m0/s1. The zero-order valence-electron chi connectivity index (χ0n) is 10.9. The molecule has 0 radical (unpaired) electrons. The molecule has 1 N–H and O–H groups in total. The number of benzene rings is 1. The Kier molecular flexibility index (Phi) is 4.59. The van der Waals surface area contributed by atoms with Crippen LogP contribution >= 0.6 is 11.8 Å². The maximum atomic E-state index is 12.3. The van der Waals surface area contributed by atoms with Gasteiger partial charge in [-0.05, 0) is 43.0 Å². The second kappa shape index (κ2) is 6.05. The van der Waals surface area contributed by atoms with E-state index in [1.165, 1.54) is 24.3 Å². The van der Waals surface area contributed by atoms with E-state index in [0.717, 1.165) is 13.1 Å². The quantitative estimate of drug-likeness (QED) is 0.853. The Morgan fingerprint density at radius 3 is 2.55 bits per heavy atom. The average molecular weight is 304 g/mol. The van der Waals surface area contributed by atoms with Gasteiger partial charge in [-0.2, -0.15) is 13.2 Å². The van der Waals surface area contributed by atoms with Crippen molar-refractivity contribution in [1.29, 1.82) is 0 Å². The van der Waals surface area contributed by atoms with E-state index in [2.05, 4.69) is 5.32 Å². The summed E-state index contributed by atoms with van der Waals surface area (Å²) in [6.07, 6.45) is 0. The number of amides is 1. The van der Waals surface area contributed by atoms with Crippen LogP contribution in [0.3, 0.4) is 0 Å². The molecule has 2 rings (SSSR count). The zero-order valence-corrected chi connectivity index (χ0v) is 11.7. The van der Waals surface area contributed by atoms with Crippen LogP contribution < -0.4 is 5.32 Å². The molecule has 1 aromatic carbocycles. The number of carbonyl (C=O) groups excluding carboxylic acids is 1. The van der Waals surface area contributed by atoms with Gasteiger partial charge in [-0.1, -0.05) is 0 Å². The van der Waals surface area contributed by atoms with Crippen LogP contribution in [0, 0.1) is 0 Å². The topological polar surface area (TPSA) is 32.3 Å². The van der Waals surface area contributed by atoms with Crippen molar-refractivity contribution in [2.75, 3.05) is 19.6 Å². The summed E-state index contributed by atoms with van der Waals surface area (Å²) >= 11 is -0.178. The molecular formula is C13H15F3N2OS. The maximum Gasteiger partial charge on any atom is 0.446 e.